The van der Waals surface area contributed by atoms with Crippen molar-refractivity contribution in [1.82, 2.24) is 20.6 Å². The lowest BCUT2D eigenvalue weighted by Crippen LogP contribution is -2.37. The number of hydrogen-bond acceptors (Lipinski definition) is 6. The lowest BCUT2D eigenvalue weighted by atomic mass is 9.89. The average Bonchev–Trinajstić information content (AvgIpc) is 3.00. The Morgan fingerprint density at radius 1 is 1.31 bits per heavy atom. The van der Waals surface area contributed by atoms with Crippen molar-refractivity contribution < 1.29 is 9.59 Å². The third kappa shape index (κ3) is 4.54. The van der Waals surface area contributed by atoms with Crippen molar-refractivity contribution in [3.05, 3.63) is 16.8 Å². The zero-order valence-corrected chi connectivity index (χ0v) is 16.8. The van der Waals surface area contributed by atoms with Crippen LogP contribution in [0.2, 0.25) is 0 Å². The smallest absolute Gasteiger partial charge is 0.239 e. The van der Waals surface area contributed by atoms with E-state index >= 15 is 0 Å². The molecular formula is C18H24N4O2S2. The van der Waals surface area contributed by atoms with E-state index < -0.39 is 0 Å². The van der Waals surface area contributed by atoms with Gasteiger partial charge in [0.1, 0.15) is 16.2 Å². The molecule has 2 N–H and O–H groups in total. The van der Waals surface area contributed by atoms with Gasteiger partial charge >= 0.3 is 0 Å². The standard InChI is InChI=1S/C18H24N4O2S2/c1-3-6-19-14(23)8-20-15(24)9-25-17-16-12-5-4-11(2)7-13(12)26-18(16)22-10-21-17/h10-11H,3-9H2,1-2H3,(H,19,23)(H,20,24)/t11-/m1/s1. The quantitative estimate of drug-likeness (QED) is 0.559. The zero-order valence-electron chi connectivity index (χ0n) is 15.1. The molecule has 0 saturated heterocycles. The van der Waals surface area contributed by atoms with Crippen LogP contribution in [0.15, 0.2) is 11.4 Å². The average molecular weight is 393 g/mol. The molecule has 0 spiro atoms. The molecule has 1 aliphatic carbocycles. The Morgan fingerprint density at radius 2 is 2.15 bits per heavy atom. The fourth-order valence-corrected chi connectivity index (χ4v) is 5.32. The van der Waals surface area contributed by atoms with Gasteiger partial charge in [0.25, 0.3) is 0 Å². The maximum Gasteiger partial charge on any atom is 0.239 e. The summed E-state index contributed by atoms with van der Waals surface area (Å²) in [5.74, 6) is 0.639. The van der Waals surface area contributed by atoms with Gasteiger partial charge < -0.3 is 10.6 Å². The first-order valence-electron chi connectivity index (χ1n) is 9.00. The Bertz CT molecular complexity index is 806. The molecular weight excluding hydrogens is 368 g/mol. The molecule has 2 heterocycles. The minimum absolute atomic E-state index is 0.0182. The van der Waals surface area contributed by atoms with Crippen LogP contribution in [0.1, 0.15) is 37.1 Å². The number of amides is 2. The summed E-state index contributed by atoms with van der Waals surface area (Å²) >= 11 is 3.17. The van der Waals surface area contributed by atoms with Gasteiger partial charge in [0.15, 0.2) is 0 Å². The molecule has 140 valence electrons. The summed E-state index contributed by atoms with van der Waals surface area (Å²) in [6, 6.07) is 0. The molecule has 26 heavy (non-hydrogen) atoms. The maximum absolute atomic E-state index is 12.0. The van der Waals surface area contributed by atoms with Gasteiger partial charge in [-0.15, -0.1) is 11.3 Å². The van der Waals surface area contributed by atoms with Crippen LogP contribution in [0.3, 0.4) is 0 Å². The first-order chi connectivity index (χ1) is 12.6. The Morgan fingerprint density at radius 3 is 2.96 bits per heavy atom. The monoisotopic (exact) mass is 392 g/mol. The molecule has 6 nitrogen and oxygen atoms in total. The predicted octanol–water partition coefficient (Wildman–Crippen LogP) is 2.55. The summed E-state index contributed by atoms with van der Waals surface area (Å²) < 4.78 is 0. The zero-order chi connectivity index (χ0) is 18.5. The molecule has 0 saturated carbocycles. The normalized spacial score (nSPS) is 16.3. The van der Waals surface area contributed by atoms with E-state index in [1.54, 1.807) is 17.7 Å². The Balaban J connectivity index is 1.62. The van der Waals surface area contributed by atoms with Crippen LogP contribution in [-0.4, -0.2) is 40.6 Å². The summed E-state index contributed by atoms with van der Waals surface area (Å²) in [4.78, 5) is 34.9. The molecule has 1 atom stereocenters. The lowest BCUT2D eigenvalue weighted by Gasteiger charge is -2.18. The van der Waals surface area contributed by atoms with E-state index in [2.05, 4.69) is 27.5 Å². The molecule has 0 bridgehead atoms. The van der Waals surface area contributed by atoms with Gasteiger partial charge in [-0.2, -0.15) is 0 Å². The highest BCUT2D eigenvalue weighted by molar-refractivity contribution is 8.00. The molecule has 8 heteroatoms. The second-order valence-corrected chi connectivity index (χ2v) is 8.67. The predicted molar refractivity (Wildman–Crippen MR) is 106 cm³/mol. The molecule has 0 unspecified atom stereocenters. The lowest BCUT2D eigenvalue weighted by molar-refractivity contribution is -0.124. The van der Waals surface area contributed by atoms with E-state index in [0.717, 1.165) is 34.5 Å². The fourth-order valence-electron chi connectivity index (χ4n) is 3.05. The third-order valence-electron chi connectivity index (χ3n) is 4.42. The summed E-state index contributed by atoms with van der Waals surface area (Å²) in [5.41, 5.74) is 1.37. The second kappa shape index (κ2) is 8.81. The number of thioether (sulfide) groups is 1. The third-order valence-corrected chi connectivity index (χ3v) is 6.57. The first kappa shape index (κ1) is 19.1. The van der Waals surface area contributed by atoms with Crippen LogP contribution in [0.25, 0.3) is 10.2 Å². The number of nitrogens with one attached hydrogen (secondary N) is 2. The number of fused-ring (bicyclic) bond motifs is 3. The number of hydrogen-bond donors (Lipinski definition) is 2. The van der Waals surface area contributed by atoms with Crippen LogP contribution in [0.4, 0.5) is 0 Å². The molecule has 2 aromatic heterocycles. The molecule has 3 rings (SSSR count). The van der Waals surface area contributed by atoms with E-state index in [-0.39, 0.29) is 24.1 Å². The van der Waals surface area contributed by atoms with Gasteiger partial charge in [0, 0.05) is 16.8 Å². The van der Waals surface area contributed by atoms with Gasteiger partial charge in [0.2, 0.25) is 11.8 Å². The SMILES string of the molecule is CCCNC(=O)CNC(=O)CSc1ncnc2sc3c(c12)CC[C@@H](C)C3. The van der Waals surface area contributed by atoms with Crippen molar-refractivity contribution in [1.29, 1.82) is 0 Å². The molecule has 1 aliphatic rings. The van der Waals surface area contributed by atoms with E-state index in [9.17, 15) is 9.59 Å². The van der Waals surface area contributed by atoms with Crippen LogP contribution < -0.4 is 10.6 Å². The molecule has 0 radical (unpaired) electrons. The summed E-state index contributed by atoms with van der Waals surface area (Å²) in [6.07, 6.45) is 5.80. The topological polar surface area (TPSA) is 84.0 Å². The second-order valence-electron chi connectivity index (χ2n) is 6.63. The summed E-state index contributed by atoms with van der Waals surface area (Å²) in [7, 11) is 0. The van der Waals surface area contributed by atoms with Crippen LogP contribution in [0, 0.1) is 5.92 Å². The van der Waals surface area contributed by atoms with Crippen molar-refractivity contribution in [3.63, 3.8) is 0 Å². The molecule has 2 aromatic rings. The van der Waals surface area contributed by atoms with Crippen molar-refractivity contribution in [2.45, 2.75) is 44.6 Å². The van der Waals surface area contributed by atoms with Gasteiger partial charge in [0.05, 0.1) is 12.3 Å². The molecule has 0 aromatic carbocycles. The van der Waals surface area contributed by atoms with Gasteiger partial charge in [-0.3, -0.25) is 9.59 Å². The first-order valence-corrected chi connectivity index (χ1v) is 10.8. The largest absolute Gasteiger partial charge is 0.355 e. The molecule has 0 aliphatic heterocycles. The minimum atomic E-state index is -0.161. The van der Waals surface area contributed by atoms with E-state index in [0.29, 0.717) is 12.5 Å². The number of aryl methyl sites for hydroxylation is 1. The fraction of sp³-hybridized carbons (Fsp3) is 0.556. The molecule has 2 amide bonds. The van der Waals surface area contributed by atoms with Crippen molar-refractivity contribution >= 4 is 45.1 Å². The van der Waals surface area contributed by atoms with Crippen molar-refractivity contribution in [2.24, 2.45) is 5.92 Å². The van der Waals surface area contributed by atoms with Crippen LogP contribution >= 0.6 is 23.1 Å². The number of thiophene rings is 1. The highest BCUT2D eigenvalue weighted by atomic mass is 32.2. The Labute approximate surface area is 161 Å². The van der Waals surface area contributed by atoms with E-state index in [4.69, 9.17) is 0 Å². The van der Waals surface area contributed by atoms with Crippen LogP contribution in [0.5, 0.6) is 0 Å². The number of aromatic nitrogens is 2. The highest BCUT2D eigenvalue weighted by Gasteiger charge is 2.23. The Hall–Kier alpha value is -1.67. The van der Waals surface area contributed by atoms with Crippen molar-refractivity contribution in [2.75, 3.05) is 18.8 Å². The van der Waals surface area contributed by atoms with E-state index in [1.807, 2.05) is 6.92 Å². The Kier molecular flexibility index (Phi) is 6.48. The minimum Gasteiger partial charge on any atom is -0.355 e. The number of carbonyl (C=O) groups is 2. The summed E-state index contributed by atoms with van der Waals surface area (Å²) in [5, 5.41) is 7.39. The van der Waals surface area contributed by atoms with Crippen molar-refractivity contribution in [3.8, 4) is 0 Å². The van der Waals surface area contributed by atoms with E-state index in [1.165, 1.54) is 28.6 Å². The van der Waals surface area contributed by atoms with Gasteiger partial charge in [-0.05, 0) is 37.2 Å². The maximum atomic E-state index is 12.0. The number of nitrogens with zero attached hydrogens (tertiary/aromatic N) is 2. The highest BCUT2D eigenvalue weighted by Crippen LogP contribution is 2.40. The number of rotatable bonds is 7. The number of carbonyl (C=O) groups excluding carboxylic acids is 2. The molecule has 0 fully saturated rings. The van der Waals surface area contributed by atoms with Gasteiger partial charge in [-0.25, -0.2) is 9.97 Å². The summed E-state index contributed by atoms with van der Waals surface area (Å²) in [6.45, 7) is 4.92. The van der Waals surface area contributed by atoms with Crippen LogP contribution in [-0.2, 0) is 22.4 Å². The van der Waals surface area contributed by atoms with Gasteiger partial charge in [-0.1, -0.05) is 25.6 Å².